The first-order chi connectivity index (χ1) is 8.81. The van der Waals surface area contributed by atoms with Crippen molar-refractivity contribution in [3.63, 3.8) is 0 Å². The lowest BCUT2D eigenvalue weighted by molar-refractivity contribution is 1.12. The fraction of sp³-hybridized carbons (Fsp3) is 0.188. The highest BCUT2D eigenvalue weighted by Crippen LogP contribution is 2.13. The standard InChI is InChI=1S/C16H16N2/c1-2-13-5-4-8-16(10-13)18-12-15-7-3-6-14(9-15)11-17/h3-10,18H,2,12H2,1H3. The summed E-state index contributed by atoms with van der Waals surface area (Å²) in [5, 5.41) is 12.2. The van der Waals surface area contributed by atoms with E-state index in [0.29, 0.717) is 5.56 Å². The minimum atomic E-state index is 0.705. The van der Waals surface area contributed by atoms with E-state index in [2.05, 4.69) is 42.6 Å². The first-order valence-electron chi connectivity index (χ1n) is 6.13. The zero-order valence-electron chi connectivity index (χ0n) is 10.5. The van der Waals surface area contributed by atoms with Gasteiger partial charge >= 0.3 is 0 Å². The molecule has 0 aliphatic carbocycles. The molecule has 0 heterocycles. The van der Waals surface area contributed by atoms with Gasteiger partial charge in [0.1, 0.15) is 0 Å². The minimum absolute atomic E-state index is 0.705. The molecule has 0 saturated heterocycles. The first-order valence-corrected chi connectivity index (χ1v) is 6.13. The van der Waals surface area contributed by atoms with Crippen molar-refractivity contribution in [2.75, 3.05) is 5.32 Å². The van der Waals surface area contributed by atoms with Gasteiger partial charge in [0.25, 0.3) is 0 Å². The van der Waals surface area contributed by atoms with Gasteiger partial charge < -0.3 is 5.32 Å². The van der Waals surface area contributed by atoms with Crippen LogP contribution in [0.5, 0.6) is 0 Å². The van der Waals surface area contributed by atoms with E-state index in [-0.39, 0.29) is 0 Å². The number of aryl methyl sites for hydroxylation is 1. The highest BCUT2D eigenvalue weighted by Gasteiger charge is 1.97. The molecular weight excluding hydrogens is 220 g/mol. The van der Waals surface area contributed by atoms with Gasteiger partial charge in [0.15, 0.2) is 0 Å². The highest BCUT2D eigenvalue weighted by molar-refractivity contribution is 5.46. The van der Waals surface area contributed by atoms with Gasteiger partial charge in [-0.2, -0.15) is 5.26 Å². The summed E-state index contributed by atoms with van der Waals surface area (Å²) in [5.74, 6) is 0. The molecule has 90 valence electrons. The maximum Gasteiger partial charge on any atom is 0.0991 e. The maximum absolute atomic E-state index is 8.85. The Hall–Kier alpha value is -2.27. The Morgan fingerprint density at radius 3 is 2.61 bits per heavy atom. The normalized spacial score (nSPS) is 9.78. The summed E-state index contributed by atoms with van der Waals surface area (Å²) in [6.07, 6.45) is 1.04. The summed E-state index contributed by atoms with van der Waals surface area (Å²) in [6.45, 7) is 2.89. The number of rotatable bonds is 4. The molecule has 1 N–H and O–H groups in total. The van der Waals surface area contributed by atoms with Gasteiger partial charge in [0, 0.05) is 12.2 Å². The van der Waals surface area contributed by atoms with E-state index in [4.69, 9.17) is 5.26 Å². The van der Waals surface area contributed by atoms with Crippen LogP contribution >= 0.6 is 0 Å². The molecule has 0 radical (unpaired) electrons. The number of nitrogens with one attached hydrogen (secondary N) is 1. The predicted molar refractivity (Wildman–Crippen MR) is 74.3 cm³/mol. The van der Waals surface area contributed by atoms with Crippen LogP contribution in [-0.2, 0) is 13.0 Å². The zero-order chi connectivity index (χ0) is 12.8. The average molecular weight is 236 g/mol. The lowest BCUT2D eigenvalue weighted by atomic mass is 10.1. The summed E-state index contributed by atoms with van der Waals surface area (Å²) in [5.41, 5.74) is 4.27. The summed E-state index contributed by atoms with van der Waals surface area (Å²) >= 11 is 0. The number of hydrogen-bond acceptors (Lipinski definition) is 2. The molecular formula is C16H16N2. The second kappa shape index (κ2) is 5.88. The van der Waals surface area contributed by atoms with Crippen LogP contribution < -0.4 is 5.32 Å². The molecule has 0 unspecified atom stereocenters. The number of benzene rings is 2. The Labute approximate surface area is 108 Å². The van der Waals surface area contributed by atoms with Crippen LogP contribution in [0.3, 0.4) is 0 Å². The third kappa shape index (κ3) is 3.11. The van der Waals surface area contributed by atoms with Crippen molar-refractivity contribution in [2.45, 2.75) is 19.9 Å². The first kappa shape index (κ1) is 12.2. The molecule has 2 nitrogen and oxygen atoms in total. The fourth-order valence-electron chi connectivity index (χ4n) is 1.86. The largest absolute Gasteiger partial charge is 0.381 e. The third-order valence-electron chi connectivity index (χ3n) is 2.89. The topological polar surface area (TPSA) is 35.8 Å². The molecule has 2 aromatic rings. The number of anilines is 1. The second-order valence-electron chi connectivity index (χ2n) is 4.22. The molecule has 2 heteroatoms. The van der Waals surface area contributed by atoms with Crippen LogP contribution in [0.2, 0.25) is 0 Å². The van der Waals surface area contributed by atoms with Gasteiger partial charge in [-0.3, -0.25) is 0 Å². The maximum atomic E-state index is 8.85. The minimum Gasteiger partial charge on any atom is -0.381 e. The van der Waals surface area contributed by atoms with Crippen molar-refractivity contribution >= 4 is 5.69 Å². The van der Waals surface area contributed by atoms with Gasteiger partial charge in [-0.05, 0) is 41.8 Å². The molecule has 0 saturated carbocycles. The van der Waals surface area contributed by atoms with Crippen molar-refractivity contribution in [3.05, 3.63) is 65.2 Å². The number of nitriles is 1. The van der Waals surface area contributed by atoms with E-state index in [1.54, 1.807) is 0 Å². The summed E-state index contributed by atoms with van der Waals surface area (Å²) in [4.78, 5) is 0. The van der Waals surface area contributed by atoms with Crippen LogP contribution in [-0.4, -0.2) is 0 Å². The van der Waals surface area contributed by atoms with Gasteiger partial charge in [0.2, 0.25) is 0 Å². The molecule has 0 atom stereocenters. The average Bonchev–Trinajstić information content (AvgIpc) is 2.45. The van der Waals surface area contributed by atoms with Gasteiger partial charge in [-0.15, -0.1) is 0 Å². The van der Waals surface area contributed by atoms with Crippen molar-refractivity contribution < 1.29 is 0 Å². The number of hydrogen-bond donors (Lipinski definition) is 1. The molecule has 2 aromatic carbocycles. The molecule has 0 spiro atoms. The van der Waals surface area contributed by atoms with Crippen molar-refractivity contribution in [1.29, 1.82) is 5.26 Å². The zero-order valence-corrected chi connectivity index (χ0v) is 10.5. The molecule has 2 rings (SSSR count). The van der Waals surface area contributed by atoms with E-state index in [0.717, 1.165) is 24.2 Å². The van der Waals surface area contributed by atoms with Crippen molar-refractivity contribution in [2.24, 2.45) is 0 Å². The van der Waals surface area contributed by atoms with E-state index in [1.807, 2.05) is 24.3 Å². The van der Waals surface area contributed by atoms with Crippen LogP contribution in [0.25, 0.3) is 0 Å². The van der Waals surface area contributed by atoms with Crippen LogP contribution in [0.4, 0.5) is 5.69 Å². The molecule has 0 fully saturated rings. The fourth-order valence-corrected chi connectivity index (χ4v) is 1.86. The predicted octanol–water partition coefficient (Wildman–Crippen LogP) is 3.73. The molecule has 0 aliphatic rings. The SMILES string of the molecule is CCc1cccc(NCc2cccc(C#N)c2)c1. The Morgan fingerprint density at radius 2 is 1.83 bits per heavy atom. The third-order valence-corrected chi connectivity index (χ3v) is 2.89. The quantitative estimate of drug-likeness (QED) is 0.878. The highest BCUT2D eigenvalue weighted by atomic mass is 14.9. The molecule has 0 bridgehead atoms. The van der Waals surface area contributed by atoms with Gasteiger partial charge in [-0.1, -0.05) is 31.2 Å². The molecule has 18 heavy (non-hydrogen) atoms. The summed E-state index contributed by atoms with van der Waals surface area (Å²) in [7, 11) is 0. The monoisotopic (exact) mass is 236 g/mol. The molecule has 0 aliphatic heterocycles. The lowest BCUT2D eigenvalue weighted by Crippen LogP contribution is -2.00. The van der Waals surface area contributed by atoms with Crippen molar-refractivity contribution in [1.82, 2.24) is 0 Å². The van der Waals surface area contributed by atoms with Crippen LogP contribution in [0.1, 0.15) is 23.6 Å². The van der Waals surface area contributed by atoms with Crippen molar-refractivity contribution in [3.8, 4) is 6.07 Å². The van der Waals surface area contributed by atoms with Gasteiger partial charge in [-0.25, -0.2) is 0 Å². The van der Waals surface area contributed by atoms with Crippen LogP contribution in [0, 0.1) is 11.3 Å². The Kier molecular flexibility index (Phi) is 3.98. The molecule has 0 aromatic heterocycles. The number of nitrogens with zero attached hydrogens (tertiary/aromatic N) is 1. The second-order valence-corrected chi connectivity index (χ2v) is 4.22. The van der Waals surface area contributed by atoms with E-state index >= 15 is 0 Å². The van der Waals surface area contributed by atoms with Gasteiger partial charge in [0.05, 0.1) is 11.6 Å². The van der Waals surface area contributed by atoms with Crippen LogP contribution in [0.15, 0.2) is 48.5 Å². The summed E-state index contributed by atoms with van der Waals surface area (Å²) < 4.78 is 0. The molecule has 0 amide bonds. The Balaban J connectivity index is 2.04. The van der Waals surface area contributed by atoms with E-state index < -0.39 is 0 Å². The van der Waals surface area contributed by atoms with E-state index in [1.165, 1.54) is 5.56 Å². The Bertz CT molecular complexity index is 567. The Morgan fingerprint density at radius 1 is 1.06 bits per heavy atom. The van der Waals surface area contributed by atoms with E-state index in [9.17, 15) is 0 Å². The lowest BCUT2D eigenvalue weighted by Gasteiger charge is -2.08. The summed E-state index contributed by atoms with van der Waals surface area (Å²) in [6, 6.07) is 18.2. The smallest absolute Gasteiger partial charge is 0.0991 e.